The maximum absolute atomic E-state index is 12.1. The second kappa shape index (κ2) is 18.9. The van der Waals surface area contributed by atoms with E-state index in [0.29, 0.717) is 49.0 Å². The Balaban J connectivity index is 1.42. The molecule has 280 valence electrons. The molecule has 0 saturated carbocycles. The third kappa shape index (κ3) is 11.7. The molecular formula is C35H20O10S10. The highest BCUT2D eigenvalue weighted by Gasteiger charge is 2.17. The molecule has 0 aliphatic carbocycles. The summed E-state index contributed by atoms with van der Waals surface area (Å²) >= 11 is 0. The molecule has 55 heavy (non-hydrogen) atoms. The van der Waals surface area contributed by atoms with E-state index < -0.39 is 29.8 Å². The lowest BCUT2D eigenvalue weighted by molar-refractivity contribution is 0.0685. The van der Waals surface area contributed by atoms with Crippen LogP contribution in [0.5, 0.6) is 0 Å². The first-order chi connectivity index (χ1) is 26.3. The fourth-order valence-corrected chi connectivity index (χ4v) is 15.0. The van der Waals surface area contributed by atoms with E-state index in [1.54, 1.807) is 30.3 Å². The average Bonchev–Trinajstić information content (AvgIpc) is 3.16. The number of hydrogen-bond donors (Lipinski definition) is 5. The zero-order valence-electron chi connectivity index (χ0n) is 27.0. The summed E-state index contributed by atoms with van der Waals surface area (Å²) in [7, 11) is 12.5. The van der Waals surface area contributed by atoms with Crippen LogP contribution in [0.25, 0.3) is 0 Å². The summed E-state index contributed by atoms with van der Waals surface area (Å²) in [6.45, 7) is 0. The minimum Gasteiger partial charge on any atom is -0.478 e. The summed E-state index contributed by atoms with van der Waals surface area (Å²) in [6.07, 6.45) is 0. The molecule has 5 aromatic rings. The molecule has 1 heterocycles. The third-order valence-corrected chi connectivity index (χ3v) is 18.5. The number of carbonyl (C=O) groups is 5. The Kier molecular flexibility index (Phi) is 14.3. The van der Waals surface area contributed by atoms with Gasteiger partial charge >= 0.3 is 29.8 Å². The lowest BCUT2D eigenvalue weighted by Gasteiger charge is -2.10. The van der Waals surface area contributed by atoms with Crippen LogP contribution in [-0.4, -0.2) is 55.4 Å². The largest absolute Gasteiger partial charge is 0.478 e. The van der Waals surface area contributed by atoms with Gasteiger partial charge < -0.3 is 25.5 Å². The molecule has 20 heteroatoms. The van der Waals surface area contributed by atoms with Gasteiger partial charge in [-0.2, -0.15) is 0 Å². The first-order valence-electron chi connectivity index (χ1n) is 14.9. The number of benzene rings is 5. The first kappa shape index (κ1) is 41.6. The van der Waals surface area contributed by atoms with E-state index in [1.807, 2.05) is 0 Å². The van der Waals surface area contributed by atoms with Crippen LogP contribution < -0.4 is 0 Å². The molecule has 0 saturated heterocycles. The van der Waals surface area contributed by atoms with Gasteiger partial charge in [0.25, 0.3) is 0 Å². The molecule has 6 rings (SSSR count). The van der Waals surface area contributed by atoms with Crippen molar-refractivity contribution in [3.63, 3.8) is 0 Å². The van der Waals surface area contributed by atoms with Crippen molar-refractivity contribution in [3.05, 3.63) is 119 Å². The number of carboxylic acid groups (broad SMARTS) is 5. The highest BCUT2D eigenvalue weighted by molar-refractivity contribution is 8.78. The predicted molar refractivity (Wildman–Crippen MR) is 226 cm³/mol. The molecule has 0 unspecified atom stereocenters. The molecule has 0 atom stereocenters. The number of carboxylic acids is 5. The summed E-state index contributed by atoms with van der Waals surface area (Å²) in [5.74, 6) is -5.71. The first-order valence-corrected chi connectivity index (χ1v) is 25.7. The van der Waals surface area contributed by atoms with Gasteiger partial charge in [-0.3, -0.25) is 0 Å². The highest BCUT2D eigenvalue weighted by Crippen LogP contribution is 2.48. The molecule has 0 fully saturated rings. The quantitative estimate of drug-likeness (QED) is 0.105. The van der Waals surface area contributed by atoms with Crippen LogP contribution in [0.2, 0.25) is 0 Å². The molecule has 5 N–H and O–H groups in total. The number of fused-ring (bicyclic) bond motifs is 10. The second-order valence-corrected chi connectivity index (χ2v) is 22.2. The van der Waals surface area contributed by atoms with Gasteiger partial charge in [-0.15, -0.1) is 0 Å². The fourth-order valence-electron chi connectivity index (χ4n) is 4.44. The van der Waals surface area contributed by atoms with Crippen molar-refractivity contribution in [2.75, 3.05) is 0 Å². The summed E-state index contributed by atoms with van der Waals surface area (Å²) in [6, 6.07) is 24.1. The lowest BCUT2D eigenvalue weighted by Crippen LogP contribution is -1.97. The monoisotopic (exact) mass is 920 g/mol. The van der Waals surface area contributed by atoms with Crippen molar-refractivity contribution in [2.45, 2.75) is 49.0 Å². The van der Waals surface area contributed by atoms with Gasteiger partial charge in [0.1, 0.15) is 0 Å². The lowest BCUT2D eigenvalue weighted by atomic mass is 10.2. The Hall–Kier alpha value is -3.05. The Morgan fingerprint density at radius 2 is 0.345 bits per heavy atom. The average molecular weight is 921 g/mol. The maximum Gasteiger partial charge on any atom is 0.335 e. The van der Waals surface area contributed by atoms with Gasteiger partial charge in [0.15, 0.2) is 0 Å². The Morgan fingerprint density at radius 1 is 0.236 bits per heavy atom. The van der Waals surface area contributed by atoms with Crippen LogP contribution in [0.3, 0.4) is 0 Å². The topological polar surface area (TPSA) is 186 Å². The van der Waals surface area contributed by atoms with Gasteiger partial charge in [-0.25, -0.2) is 24.0 Å². The van der Waals surface area contributed by atoms with Crippen LogP contribution in [0.1, 0.15) is 51.8 Å². The summed E-state index contributed by atoms with van der Waals surface area (Å²) in [4.78, 5) is 66.3. The molecule has 10 bridgehead atoms. The predicted octanol–water partition coefficient (Wildman–Crippen LogP) is 12.5. The summed E-state index contributed by atoms with van der Waals surface area (Å²) in [5.41, 5.74) is 0.172. The van der Waals surface area contributed by atoms with Crippen molar-refractivity contribution >= 4 is 138 Å². The molecule has 5 aromatic carbocycles. The van der Waals surface area contributed by atoms with Gasteiger partial charge in [0, 0.05) is 49.0 Å². The smallest absolute Gasteiger partial charge is 0.335 e. The third-order valence-electron chi connectivity index (χ3n) is 6.81. The SMILES string of the molecule is O=C(O)c1cc2cc(c1)SSc1cc(cc(C(=O)O)c1)SSc1cc(cc(C(=O)O)c1)SSc1cc(cc(C(=O)O)c1)SSc1cc(cc(C(=O)O)c1)SS2. The molecule has 0 aromatic heterocycles. The van der Waals surface area contributed by atoms with E-state index >= 15 is 0 Å². The van der Waals surface area contributed by atoms with Crippen molar-refractivity contribution in [2.24, 2.45) is 0 Å². The van der Waals surface area contributed by atoms with Gasteiger partial charge in [-0.05, 0) is 91.0 Å². The molecule has 1 aliphatic rings. The van der Waals surface area contributed by atoms with E-state index in [-0.39, 0.29) is 27.8 Å². The van der Waals surface area contributed by atoms with Gasteiger partial charge in [-0.1, -0.05) is 108 Å². The van der Waals surface area contributed by atoms with Crippen molar-refractivity contribution in [1.29, 1.82) is 0 Å². The van der Waals surface area contributed by atoms with E-state index in [4.69, 9.17) is 0 Å². The molecule has 1 aliphatic heterocycles. The van der Waals surface area contributed by atoms with Crippen LogP contribution in [0.4, 0.5) is 0 Å². The fraction of sp³-hybridized carbons (Fsp3) is 0. The van der Waals surface area contributed by atoms with Crippen molar-refractivity contribution in [1.82, 2.24) is 0 Å². The summed E-state index contributed by atoms with van der Waals surface area (Å²) in [5, 5.41) is 49.4. The van der Waals surface area contributed by atoms with Crippen LogP contribution in [0, 0.1) is 0 Å². The van der Waals surface area contributed by atoms with E-state index in [9.17, 15) is 49.5 Å². The van der Waals surface area contributed by atoms with E-state index in [0.717, 1.165) is 0 Å². The zero-order chi connectivity index (χ0) is 39.2. The molecule has 0 amide bonds. The Labute approximate surface area is 351 Å². The number of aromatic carboxylic acids is 5. The van der Waals surface area contributed by atoms with E-state index in [2.05, 4.69) is 0 Å². The normalized spacial score (nSPS) is 13.5. The molecule has 0 spiro atoms. The van der Waals surface area contributed by atoms with E-state index in [1.165, 1.54) is 169 Å². The van der Waals surface area contributed by atoms with Crippen LogP contribution in [-0.2, 0) is 0 Å². The standard InChI is InChI=1S/C35H20O10S10/c36-31(37)16-1-21-11-22(2-16)48-49-25-5-18(33(40)41)6-26(13-25)52-53-29-9-20(35(44)45)10-30(15-29)55-54-28-8-19(34(42)43)7-27(14-28)51-50-24-4-17(32(38)39)3-23(12-24)47-46-21/h1-15H,(H,36,37)(H,38,39)(H,40,41)(H,42,43)(H,44,45). The molecular weight excluding hydrogens is 901 g/mol. The minimum atomic E-state index is -1.14. The highest BCUT2D eigenvalue weighted by atomic mass is 33.1. The number of rotatable bonds is 5. The second-order valence-electron chi connectivity index (χ2n) is 10.8. The Morgan fingerprint density at radius 3 is 0.436 bits per heavy atom. The van der Waals surface area contributed by atoms with Gasteiger partial charge in [0.2, 0.25) is 0 Å². The van der Waals surface area contributed by atoms with Crippen molar-refractivity contribution < 1.29 is 49.5 Å². The zero-order valence-corrected chi connectivity index (χ0v) is 35.2. The molecule has 10 nitrogen and oxygen atoms in total. The minimum absolute atomic E-state index is 0.0344. The number of hydrogen-bond acceptors (Lipinski definition) is 15. The summed E-state index contributed by atoms with van der Waals surface area (Å²) < 4.78 is 0. The van der Waals surface area contributed by atoms with Gasteiger partial charge in [0.05, 0.1) is 27.8 Å². The van der Waals surface area contributed by atoms with Crippen LogP contribution >= 0.6 is 108 Å². The molecule has 0 radical (unpaired) electrons. The van der Waals surface area contributed by atoms with Crippen LogP contribution in [0.15, 0.2) is 140 Å². The van der Waals surface area contributed by atoms with Crippen molar-refractivity contribution in [3.8, 4) is 0 Å². The Bertz CT molecular complexity index is 1880. The maximum atomic E-state index is 12.1.